The first-order chi connectivity index (χ1) is 7.05. The van der Waals surface area contributed by atoms with Crippen molar-refractivity contribution in [3.05, 3.63) is 11.4 Å². The van der Waals surface area contributed by atoms with Gasteiger partial charge < -0.3 is 5.73 Å². The quantitative estimate of drug-likeness (QED) is 0.875. The summed E-state index contributed by atoms with van der Waals surface area (Å²) in [6.45, 7) is 2.40. The van der Waals surface area contributed by atoms with Gasteiger partial charge in [0, 0.05) is 23.7 Å². The van der Waals surface area contributed by atoms with Crippen molar-refractivity contribution in [3.8, 4) is 0 Å². The van der Waals surface area contributed by atoms with Crippen LogP contribution in [0.3, 0.4) is 0 Å². The molecule has 0 aromatic carbocycles. The Morgan fingerprint density at radius 1 is 1.60 bits per heavy atom. The Balaban J connectivity index is 2.32. The Kier molecular flexibility index (Phi) is 2.74. The van der Waals surface area contributed by atoms with E-state index in [1.807, 2.05) is 6.92 Å². The SMILES string of the molecule is CCN(C1CC1)S(=O)(=O)c1cc(N)cs1. The maximum atomic E-state index is 12.1. The molecule has 0 unspecified atom stereocenters. The fourth-order valence-electron chi connectivity index (χ4n) is 1.57. The number of nitrogen functional groups attached to an aromatic ring is 1. The van der Waals surface area contributed by atoms with Gasteiger partial charge in [-0.05, 0) is 18.9 Å². The maximum absolute atomic E-state index is 12.1. The number of thiophene rings is 1. The molecule has 15 heavy (non-hydrogen) atoms. The van der Waals surface area contributed by atoms with E-state index < -0.39 is 10.0 Å². The van der Waals surface area contributed by atoms with Gasteiger partial charge in [0.05, 0.1) is 0 Å². The Labute approximate surface area is 93.8 Å². The van der Waals surface area contributed by atoms with Crippen molar-refractivity contribution < 1.29 is 8.42 Å². The molecular weight excluding hydrogens is 232 g/mol. The molecule has 0 aliphatic heterocycles. The molecule has 0 radical (unpaired) electrons. The molecule has 0 atom stereocenters. The molecule has 84 valence electrons. The van der Waals surface area contributed by atoms with Gasteiger partial charge in [0.15, 0.2) is 0 Å². The number of rotatable bonds is 4. The van der Waals surface area contributed by atoms with Crippen molar-refractivity contribution in [1.29, 1.82) is 0 Å². The van der Waals surface area contributed by atoms with Gasteiger partial charge in [0.25, 0.3) is 10.0 Å². The molecule has 0 bridgehead atoms. The monoisotopic (exact) mass is 246 g/mol. The predicted molar refractivity (Wildman–Crippen MR) is 61.3 cm³/mol. The zero-order chi connectivity index (χ0) is 11.1. The lowest BCUT2D eigenvalue weighted by atomic mass is 10.6. The molecule has 2 N–H and O–H groups in total. The Hall–Kier alpha value is -0.590. The van der Waals surface area contributed by atoms with E-state index in [0.29, 0.717) is 16.4 Å². The summed E-state index contributed by atoms with van der Waals surface area (Å²) in [5.41, 5.74) is 6.05. The highest BCUT2D eigenvalue weighted by Gasteiger charge is 2.37. The summed E-state index contributed by atoms with van der Waals surface area (Å²) in [5.74, 6) is 0. The zero-order valence-electron chi connectivity index (χ0n) is 8.51. The summed E-state index contributed by atoms with van der Waals surface area (Å²) in [4.78, 5) is 0. The van der Waals surface area contributed by atoms with Crippen LogP contribution in [0.2, 0.25) is 0 Å². The van der Waals surface area contributed by atoms with Crippen LogP contribution in [0.25, 0.3) is 0 Å². The zero-order valence-corrected chi connectivity index (χ0v) is 10.1. The Morgan fingerprint density at radius 2 is 2.27 bits per heavy atom. The summed E-state index contributed by atoms with van der Waals surface area (Å²) in [6, 6.07) is 1.74. The van der Waals surface area contributed by atoms with E-state index in [2.05, 4.69) is 0 Å². The molecule has 0 amide bonds. The first-order valence-corrected chi connectivity index (χ1v) is 7.23. The highest BCUT2D eigenvalue weighted by Crippen LogP contribution is 2.33. The molecule has 1 saturated carbocycles. The van der Waals surface area contributed by atoms with Crippen molar-refractivity contribution in [3.63, 3.8) is 0 Å². The minimum Gasteiger partial charge on any atom is -0.398 e. The van der Waals surface area contributed by atoms with Gasteiger partial charge in [-0.3, -0.25) is 0 Å². The molecule has 2 rings (SSSR count). The van der Waals surface area contributed by atoms with Crippen molar-refractivity contribution in [2.45, 2.75) is 30.0 Å². The first-order valence-electron chi connectivity index (χ1n) is 4.91. The van der Waals surface area contributed by atoms with Gasteiger partial charge in [-0.1, -0.05) is 6.92 Å². The van der Waals surface area contributed by atoms with E-state index in [0.717, 1.165) is 12.8 Å². The third-order valence-corrected chi connectivity index (χ3v) is 5.89. The van der Waals surface area contributed by atoms with Gasteiger partial charge >= 0.3 is 0 Å². The number of nitrogens with two attached hydrogens (primary N) is 1. The molecule has 1 aliphatic rings. The van der Waals surface area contributed by atoms with Gasteiger partial charge in [0.1, 0.15) is 4.21 Å². The molecule has 1 aromatic heterocycles. The fourth-order valence-corrected chi connectivity index (χ4v) is 4.47. The molecule has 1 fully saturated rings. The van der Waals surface area contributed by atoms with E-state index in [1.54, 1.807) is 9.69 Å². The molecule has 1 aliphatic carbocycles. The second-order valence-electron chi connectivity index (χ2n) is 3.64. The Morgan fingerprint density at radius 3 is 2.67 bits per heavy atom. The minimum absolute atomic E-state index is 0.211. The standard InChI is InChI=1S/C9H14N2O2S2/c1-2-11(8-3-4-8)15(12,13)9-5-7(10)6-14-9/h5-6,8H,2-4,10H2,1H3. The molecule has 6 heteroatoms. The van der Waals surface area contributed by atoms with Crippen LogP contribution in [0.15, 0.2) is 15.7 Å². The number of sulfonamides is 1. The second-order valence-corrected chi connectivity index (χ2v) is 6.67. The van der Waals surface area contributed by atoms with E-state index >= 15 is 0 Å². The van der Waals surface area contributed by atoms with Crippen LogP contribution in [-0.4, -0.2) is 25.3 Å². The molecule has 1 heterocycles. The van der Waals surface area contributed by atoms with E-state index in [4.69, 9.17) is 5.73 Å². The summed E-state index contributed by atoms with van der Waals surface area (Å²) < 4.78 is 26.2. The highest BCUT2D eigenvalue weighted by atomic mass is 32.2. The minimum atomic E-state index is -3.30. The second kappa shape index (κ2) is 3.77. The van der Waals surface area contributed by atoms with Gasteiger partial charge in [0.2, 0.25) is 0 Å². The average Bonchev–Trinajstić information content (AvgIpc) is 2.88. The van der Waals surface area contributed by atoms with Crippen LogP contribution in [0.5, 0.6) is 0 Å². The summed E-state index contributed by atoms with van der Waals surface area (Å²) in [7, 11) is -3.30. The van der Waals surface area contributed by atoms with Crippen molar-refractivity contribution in [1.82, 2.24) is 4.31 Å². The molecule has 0 saturated heterocycles. The number of anilines is 1. The third kappa shape index (κ3) is 2.02. The number of hydrogen-bond acceptors (Lipinski definition) is 4. The van der Waals surface area contributed by atoms with Crippen LogP contribution in [-0.2, 0) is 10.0 Å². The van der Waals surface area contributed by atoms with Crippen molar-refractivity contribution in [2.24, 2.45) is 0 Å². The molecule has 0 spiro atoms. The normalized spacial score (nSPS) is 17.2. The lowest BCUT2D eigenvalue weighted by molar-refractivity contribution is 0.422. The van der Waals surface area contributed by atoms with Gasteiger partial charge in [-0.2, -0.15) is 4.31 Å². The van der Waals surface area contributed by atoms with Gasteiger partial charge in [-0.25, -0.2) is 8.42 Å². The largest absolute Gasteiger partial charge is 0.398 e. The van der Waals surface area contributed by atoms with E-state index in [9.17, 15) is 8.42 Å². The summed E-state index contributed by atoms with van der Waals surface area (Å²) >= 11 is 1.19. The third-order valence-electron chi connectivity index (χ3n) is 2.42. The summed E-state index contributed by atoms with van der Waals surface area (Å²) in [6.07, 6.45) is 1.96. The molecular formula is C9H14N2O2S2. The van der Waals surface area contributed by atoms with Crippen molar-refractivity contribution in [2.75, 3.05) is 12.3 Å². The fraction of sp³-hybridized carbons (Fsp3) is 0.556. The van der Waals surface area contributed by atoms with Crippen molar-refractivity contribution >= 4 is 27.0 Å². The van der Waals surface area contributed by atoms with Gasteiger partial charge in [-0.15, -0.1) is 11.3 Å². The Bertz CT molecular complexity index is 448. The number of nitrogens with zero attached hydrogens (tertiary/aromatic N) is 1. The van der Waals surface area contributed by atoms with E-state index in [-0.39, 0.29) is 6.04 Å². The smallest absolute Gasteiger partial charge is 0.252 e. The van der Waals surface area contributed by atoms with Crippen LogP contribution < -0.4 is 5.73 Å². The lowest BCUT2D eigenvalue weighted by Gasteiger charge is -2.18. The van der Waals surface area contributed by atoms with Crippen LogP contribution >= 0.6 is 11.3 Å². The van der Waals surface area contributed by atoms with Crippen LogP contribution in [0.4, 0.5) is 5.69 Å². The predicted octanol–water partition coefficient (Wildman–Crippen LogP) is 1.50. The summed E-state index contributed by atoms with van der Waals surface area (Å²) in [5, 5.41) is 1.66. The lowest BCUT2D eigenvalue weighted by Crippen LogP contribution is -2.32. The first kappa shape index (κ1) is 10.9. The number of hydrogen-bond donors (Lipinski definition) is 1. The van der Waals surface area contributed by atoms with E-state index in [1.165, 1.54) is 17.4 Å². The maximum Gasteiger partial charge on any atom is 0.252 e. The highest BCUT2D eigenvalue weighted by molar-refractivity contribution is 7.91. The average molecular weight is 246 g/mol. The molecule has 4 nitrogen and oxygen atoms in total. The topological polar surface area (TPSA) is 63.4 Å². The van der Waals surface area contributed by atoms with Crippen LogP contribution in [0.1, 0.15) is 19.8 Å². The van der Waals surface area contributed by atoms with Crippen LogP contribution in [0, 0.1) is 0 Å². The molecule has 1 aromatic rings.